The Balaban J connectivity index is 3.25. The Kier molecular flexibility index (Phi) is 2.85. The van der Waals surface area contributed by atoms with Gasteiger partial charge in [-0.3, -0.25) is 0 Å². The fraction of sp³-hybridized carbons (Fsp3) is 0.182. The molecule has 3 N–H and O–H groups in total. The minimum atomic E-state index is 0.509. The maximum absolute atomic E-state index is 7.58. The predicted molar refractivity (Wildman–Crippen MR) is 57.3 cm³/mol. The number of benzene rings is 1. The molecule has 68 valence electrons. The summed E-state index contributed by atoms with van der Waals surface area (Å²) in [5.41, 5.74) is 8.88. The molecule has 0 atom stereocenters. The number of rotatable bonds is 3. The summed E-state index contributed by atoms with van der Waals surface area (Å²) in [5.74, 6) is 0. The summed E-state index contributed by atoms with van der Waals surface area (Å²) < 4.78 is 0. The van der Waals surface area contributed by atoms with Crippen LogP contribution in [0.1, 0.15) is 18.1 Å². The van der Waals surface area contributed by atoms with Gasteiger partial charge in [0.15, 0.2) is 0 Å². The van der Waals surface area contributed by atoms with Crippen LogP contribution in [-0.4, -0.2) is 5.71 Å². The number of nitrogens with two attached hydrogens (primary N) is 1. The van der Waals surface area contributed by atoms with E-state index in [1.54, 1.807) is 6.92 Å². The van der Waals surface area contributed by atoms with E-state index in [0.717, 1.165) is 17.5 Å². The molecule has 0 aliphatic heterocycles. The summed E-state index contributed by atoms with van der Waals surface area (Å²) in [4.78, 5) is 0. The lowest BCUT2D eigenvalue weighted by molar-refractivity contribution is 1.25. The first-order chi connectivity index (χ1) is 6.16. The fourth-order valence-electron chi connectivity index (χ4n) is 1.40. The van der Waals surface area contributed by atoms with Gasteiger partial charge in [-0.1, -0.05) is 18.2 Å². The highest BCUT2D eigenvalue weighted by Crippen LogP contribution is 2.18. The quantitative estimate of drug-likeness (QED) is 0.412. The van der Waals surface area contributed by atoms with Gasteiger partial charge in [-0.25, -0.2) is 0 Å². The summed E-state index contributed by atoms with van der Waals surface area (Å²) in [6.07, 6.45) is 2.58. The van der Waals surface area contributed by atoms with Crippen molar-refractivity contribution in [3.8, 4) is 0 Å². The van der Waals surface area contributed by atoms with Crippen molar-refractivity contribution >= 4 is 11.4 Å². The molecule has 0 unspecified atom stereocenters. The molecule has 2 heteroatoms. The lowest BCUT2D eigenvalue weighted by Gasteiger charge is -2.08. The van der Waals surface area contributed by atoms with Crippen molar-refractivity contribution in [1.82, 2.24) is 0 Å². The molecule has 2 nitrogen and oxygen atoms in total. The molecule has 0 heterocycles. The van der Waals surface area contributed by atoms with Crippen molar-refractivity contribution in [2.75, 3.05) is 5.73 Å². The number of nitrogen functional groups attached to an aromatic ring is 1. The second-order valence-corrected chi connectivity index (χ2v) is 3.00. The van der Waals surface area contributed by atoms with Gasteiger partial charge in [0.05, 0.1) is 0 Å². The second kappa shape index (κ2) is 3.90. The summed E-state index contributed by atoms with van der Waals surface area (Å²) >= 11 is 0. The van der Waals surface area contributed by atoms with Gasteiger partial charge in [0.25, 0.3) is 0 Å². The number of allylic oxidation sites excluding steroid dienone is 1. The predicted octanol–water partition coefficient (Wildman–Crippen LogP) is 2.39. The summed E-state index contributed by atoms with van der Waals surface area (Å²) in [6.45, 7) is 5.42. The maximum Gasteiger partial charge on any atom is 0.0408 e. The van der Waals surface area contributed by atoms with Crippen molar-refractivity contribution < 1.29 is 0 Å². The first-order valence-corrected chi connectivity index (χ1v) is 4.20. The van der Waals surface area contributed by atoms with Crippen LogP contribution in [0.5, 0.6) is 0 Å². The fourth-order valence-corrected chi connectivity index (χ4v) is 1.40. The van der Waals surface area contributed by atoms with Crippen molar-refractivity contribution in [3.05, 3.63) is 42.0 Å². The molecule has 0 saturated heterocycles. The molecule has 0 saturated carbocycles. The van der Waals surface area contributed by atoms with E-state index in [4.69, 9.17) is 11.1 Å². The van der Waals surface area contributed by atoms with E-state index in [0.29, 0.717) is 11.4 Å². The zero-order valence-electron chi connectivity index (χ0n) is 7.80. The van der Waals surface area contributed by atoms with E-state index >= 15 is 0 Å². The number of nitrogens with one attached hydrogen (secondary N) is 1. The Labute approximate surface area is 78.6 Å². The molecule has 1 aromatic rings. The third-order valence-electron chi connectivity index (χ3n) is 1.92. The van der Waals surface area contributed by atoms with Gasteiger partial charge >= 0.3 is 0 Å². The van der Waals surface area contributed by atoms with Crippen LogP contribution in [0.2, 0.25) is 0 Å². The Morgan fingerprint density at radius 1 is 1.62 bits per heavy atom. The van der Waals surface area contributed by atoms with Crippen LogP contribution < -0.4 is 5.73 Å². The van der Waals surface area contributed by atoms with Crippen LogP contribution in [-0.2, 0) is 6.42 Å². The van der Waals surface area contributed by atoms with Crippen molar-refractivity contribution in [2.24, 2.45) is 0 Å². The first-order valence-electron chi connectivity index (χ1n) is 4.20. The molecule has 13 heavy (non-hydrogen) atoms. The van der Waals surface area contributed by atoms with E-state index in [1.807, 2.05) is 24.3 Å². The average molecular weight is 174 g/mol. The van der Waals surface area contributed by atoms with Crippen molar-refractivity contribution in [2.45, 2.75) is 13.3 Å². The number of hydrogen-bond donors (Lipinski definition) is 2. The van der Waals surface area contributed by atoms with Crippen LogP contribution in [0.25, 0.3) is 0 Å². The van der Waals surface area contributed by atoms with Gasteiger partial charge in [-0.05, 0) is 25.0 Å². The molecule has 0 aliphatic carbocycles. The Morgan fingerprint density at radius 3 is 2.85 bits per heavy atom. The maximum atomic E-state index is 7.58. The number of anilines is 1. The van der Waals surface area contributed by atoms with Gasteiger partial charge in [0.1, 0.15) is 0 Å². The molecule has 0 fully saturated rings. The Hall–Kier alpha value is -1.57. The van der Waals surface area contributed by atoms with Crippen LogP contribution in [0, 0.1) is 5.41 Å². The zero-order valence-corrected chi connectivity index (χ0v) is 7.80. The number of hydrogen-bond acceptors (Lipinski definition) is 2. The van der Waals surface area contributed by atoms with Gasteiger partial charge in [-0.15, -0.1) is 6.58 Å². The van der Waals surface area contributed by atoms with Crippen LogP contribution in [0.3, 0.4) is 0 Å². The molecule has 0 bridgehead atoms. The minimum absolute atomic E-state index is 0.509. The van der Waals surface area contributed by atoms with Gasteiger partial charge in [-0.2, -0.15) is 0 Å². The highest BCUT2D eigenvalue weighted by atomic mass is 14.6. The molecule has 1 aromatic carbocycles. The molecular formula is C11H14N2. The molecule has 1 rings (SSSR count). The third kappa shape index (κ3) is 1.96. The van der Waals surface area contributed by atoms with Gasteiger partial charge in [0, 0.05) is 17.0 Å². The third-order valence-corrected chi connectivity index (χ3v) is 1.92. The van der Waals surface area contributed by atoms with Crippen LogP contribution in [0.15, 0.2) is 30.9 Å². The van der Waals surface area contributed by atoms with E-state index < -0.39 is 0 Å². The zero-order chi connectivity index (χ0) is 9.84. The second-order valence-electron chi connectivity index (χ2n) is 3.00. The molecular weight excluding hydrogens is 160 g/mol. The van der Waals surface area contributed by atoms with Gasteiger partial charge in [0.2, 0.25) is 0 Å². The van der Waals surface area contributed by atoms with Crippen molar-refractivity contribution in [1.29, 1.82) is 5.41 Å². The standard InChI is InChI=1S/C11H14N2/c1-3-5-9-6-4-7-10(13)11(9)8(2)12/h3-4,6-7,12H,1,5,13H2,2H3. The van der Waals surface area contributed by atoms with E-state index in [9.17, 15) is 0 Å². The van der Waals surface area contributed by atoms with E-state index in [2.05, 4.69) is 6.58 Å². The average Bonchev–Trinajstić information content (AvgIpc) is 2.04. The Morgan fingerprint density at radius 2 is 2.31 bits per heavy atom. The van der Waals surface area contributed by atoms with Crippen LogP contribution in [0.4, 0.5) is 5.69 Å². The summed E-state index contributed by atoms with van der Waals surface area (Å²) in [5, 5.41) is 7.58. The van der Waals surface area contributed by atoms with E-state index in [1.165, 1.54) is 0 Å². The largest absolute Gasteiger partial charge is 0.398 e. The minimum Gasteiger partial charge on any atom is -0.398 e. The topological polar surface area (TPSA) is 49.9 Å². The molecule has 0 aromatic heterocycles. The lowest BCUT2D eigenvalue weighted by Crippen LogP contribution is -2.04. The summed E-state index contributed by atoms with van der Waals surface area (Å²) in [6, 6.07) is 5.70. The Bertz CT molecular complexity index is 340. The molecule has 0 radical (unpaired) electrons. The van der Waals surface area contributed by atoms with Crippen molar-refractivity contribution in [3.63, 3.8) is 0 Å². The molecule has 0 spiro atoms. The molecule has 0 aliphatic rings. The highest BCUT2D eigenvalue weighted by Gasteiger charge is 2.06. The first kappa shape index (κ1) is 9.52. The van der Waals surface area contributed by atoms with E-state index in [-0.39, 0.29) is 0 Å². The smallest absolute Gasteiger partial charge is 0.0408 e. The highest BCUT2D eigenvalue weighted by molar-refractivity contribution is 6.02. The monoisotopic (exact) mass is 174 g/mol. The van der Waals surface area contributed by atoms with Crippen LogP contribution >= 0.6 is 0 Å². The lowest BCUT2D eigenvalue weighted by atomic mass is 9.99. The normalized spacial score (nSPS) is 9.62. The van der Waals surface area contributed by atoms with Gasteiger partial charge < -0.3 is 11.1 Å². The summed E-state index contributed by atoms with van der Waals surface area (Å²) in [7, 11) is 0. The SMILES string of the molecule is C=CCc1cccc(N)c1C(C)=N. The molecule has 0 amide bonds.